The fraction of sp³-hybridized carbons (Fsp3) is 0.417. The highest BCUT2D eigenvalue weighted by Gasteiger charge is 2.36. The van der Waals surface area contributed by atoms with E-state index in [1.165, 1.54) is 12.3 Å². The first-order valence-corrected chi connectivity index (χ1v) is 5.72. The summed E-state index contributed by atoms with van der Waals surface area (Å²) in [6.07, 6.45) is 1.97. The van der Waals surface area contributed by atoms with Crippen LogP contribution >= 0.6 is 0 Å². The monoisotopic (exact) mass is 251 g/mol. The van der Waals surface area contributed by atoms with Gasteiger partial charge in [-0.05, 0) is 25.0 Å². The summed E-state index contributed by atoms with van der Waals surface area (Å²) >= 11 is 0. The lowest BCUT2D eigenvalue weighted by atomic mass is 9.93. The van der Waals surface area contributed by atoms with Gasteiger partial charge in [0.1, 0.15) is 11.2 Å². The highest BCUT2D eigenvalue weighted by Crippen LogP contribution is 2.16. The summed E-state index contributed by atoms with van der Waals surface area (Å²) < 4.78 is 0. The van der Waals surface area contributed by atoms with E-state index in [0.29, 0.717) is 18.5 Å². The number of carboxylic acids is 1. The number of pyridine rings is 1. The van der Waals surface area contributed by atoms with Gasteiger partial charge in [0.05, 0.1) is 11.9 Å². The van der Waals surface area contributed by atoms with Gasteiger partial charge in [-0.25, -0.2) is 9.78 Å². The number of hydrogen-bond acceptors (Lipinski definition) is 4. The number of nitrogens with two attached hydrogens (primary N) is 1. The number of nitrogen functional groups attached to an aromatic ring is 1. The molecule has 1 rings (SSSR count). The Morgan fingerprint density at radius 2 is 2.00 bits per heavy atom. The van der Waals surface area contributed by atoms with Crippen LogP contribution in [0.2, 0.25) is 0 Å². The number of carbonyl (C=O) groups excluding carboxylic acids is 1. The SMILES string of the molecule is CCC(CC)(NC(=O)c1ccc(N)cn1)C(=O)O. The topological polar surface area (TPSA) is 105 Å². The van der Waals surface area contributed by atoms with E-state index in [1.807, 2.05) is 0 Å². The van der Waals surface area contributed by atoms with Crippen LogP contribution in [0.1, 0.15) is 37.2 Å². The predicted molar refractivity (Wildman–Crippen MR) is 67.1 cm³/mol. The maximum atomic E-state index is 11.9. The summed E-state index contributed by atoms with van der Waals surface area (Å²) in [7, 11) is 0. The molecule has 1 aromatic rings. The molecule has 0 unspecified atom stereocenters. The third-order valence-corrected chi connectivity index (χ3v) is 2.99. The van der Waals surface area contributed by atoms with Crippen molar-refractivity contribution in [3.8, 4) is 0 Å². The molecule has 1 aromatic heterocycles. The molecule has 4 N–H and O–H groups in total. The second-order valence-electron chi connectivity index (χ2n) is 4.03. The average Bonchev–Trinajstić information content (AvgIpc) is 2.36. The van der Waals surface area contributed by atoms with Gasteiger partial charge in [0.15, 0.2) is 0 Å². The van der Waals surface area contributed by atoms with Crippen molar-refractivity contribution < 1.29 is 14.7 Å². The fourth-order valence-electron chi connectivity index (χ4n) is 1.60. The van der Waals surface area contributed by atoms with E-state index in [2.05, 4.69) is 10.3 Å². The van der Waals surface area contributed by atoms with Crippen LogP contribution in [-0.4, -0.2) is 27.5 Å². The van der Waals surface area contributed by atoms with E-state index in [0.717, 1.165) is 0 Å². The number of anilines is 1. The molecule has 0 aliphatic heterocycles. The number of nitrogens with zero attached hydrogens (tertiary/aromatic N) is 1. The summed E-state index contributed by atoms with van der Waals surface area (Å²) in [5.74, 6) is -1.56. The van der Waals surface area contributed by atoms with E-state index in [9.17, 15) is 14.7 Å². The smallest absolute Gasteiger partial charge is 0.329 e. The lowest BCUT2D eigenvalue weighted by Gasteiger charge is -2.27. The van der Waals surface area contributed by atoms with Gasteiger partial charge in [-0.2, -0.15) is 0 Å². The quantitative estimate of drug-likeness (QED) is 0.725. The first kappa shape index (κ1) is 14.0. The Balaban J connectivity index is 2.91. The number of amides is 1. The van der Waals surface area contributed by atoms with Crippen LogP contribution in [0.15, 0.2) is 18.3 Å². The van der Waals surface area contributed by atoms with Gasteiger partial charge in [-0.3, -0.25) is 4.79 Å². The van der Waals surface area contributed by atoms with Crippen LogP contribution in [-0.2, 0) is 4.79 Å². The molecule has 6 heteroatoms. The van der Waals surface area contributed by atoms with Crippen LogP contribution in [0.3, 0.4) is 0 Å². The highest BCUT2D eigenvalue weighted by molar-refractivity contribution is 5.96. The summed E-state index contributed by atoms with van der Waals surface area (Å²) in [5, 5.41) is 11.7. The minimum atomic E-state index is -1.25. The number of nitrogens with one attached hydrogen (secondary N) is 1. The van der Waals surface area contributed by atoms with E-state index in [1.54, 1.807) is 19.9 Å². The van der Waals surface area contributed by atoms with Gasteiger partial charge >= 0.3 is 5.97 Å². The molecule has 0 aliphatic rings. The van der Waals surface area contributed by atoms with Crippen LogP contribution in [0, 0.1) is 0 Å². The Hall–Kier alpha value is -2.11. The minimum Gasteiger partial charge on any atom is -0.480 e. The van der Waals surface area contributed by atoms with Gasteiger partial charge in [0, 0.05) is 0 Å². The maximum absolute atomic E-state index is 11.9. The molecule has 0 aromatic carbocycles. The molecule has 0 fully saturated rings. The van der Waals surface area contributed by atoms with Gasteiger partial charge in [0.25, 0.3) is 5.91 Å². The number of aromatic nitrogens is 1. The Kier molecular flexibility index (Phi) is 4.25. The molecule has 6 nitrogen and oxygen atoms in total. The summed E-state index contributed by atoms with van der Waals surface area (Å²) in [5.41, 5.74) is 4.81. The molecule has 0 saturated carbocycles. The van der Waals surface area contributed by atoms with Crippen molar-refractivity contribution in [2.45, 2.75) is 32.2 Å². The van der Waals surface area contributed by atoms with Crippen molar-refractivity contribution in [1.29, 1.82) is 0 Å². The van der Waals surface area contributed by atoms with Crippen molar-refractivity contribution in [1.82, 2.24) is 10.3 Å². The second-order valence-corrected chi connectivity index (χ2v) is 4.03. The first-order valence-electron chi connectivity index (χ1n) is 5.72. The average molecular weight is 251 g/mol. The van der Waals surface area contributed by atoms with E-state index in [4.69, 9.17) is 5.73 Å². The number of carbonyl (C=O) groups is 2. The molecule has 0 radical (unpaired) electrons. The Morgan fingerprint density at radius 1 is 1.39 bits per heavy atom. The molecule has 1 heterocycles. The second kappa shape index (κ2) is 5.48. The maximum Gasteiger partial charge on any atom is 0.329 e. The number of hydrogen-bond donors (Lipinski definition) is 3. The standard InChI is InChI=1S/C12H17N3O3/c1-3-12(4-2,11(17)18)15-10(16)9-6-5-8(13)7-14-9/h5-7H,3-4,13H2,1-2H3,(H,15,16)(H,17,18). The van der Waals surface area contributed by atoms with Crippen LogP contribution < -0.4 is 11.1 Å². The highest BCUT2D eigenvalue weighted by atomic mass is 16.4. The van der Waals surface area contributed by atoms with E-state index >= 15 is 0 Å². The van der Waals surface area contributed by atoms with Crippen molar-refractivity contribution in [2.24, 2.45) is 0 Å². The molecule has 98 valence electrons. The molecule has 1 amide bonds. The molecule has 0 atom stereocenters. The molecule has 0 bridgehead atoms. The van der Waals surface area contributed by atoms with Crippen LogP contribution in [0.4, 0.5) is 5.69 Å². The number of carboxylic acid groups (broad SMARTS) is 1. The molecule has 18 heavy (non-hydrogen) atoms. The molecular weight excluding hydrogens is 234 g/mol. The lowest BCUT2D eigenvalue weighted by Crippen LogP contribution is -2.53. The van der Waals surface area contributed by atoms with Crippen LogP contribution in [0.5, 0.6) is 0 Å². The van der Waals surface area contributed by atoms with E-state index < -0.39 is 17.4 Å². The van der Waals surface area contributed by atoms with Crippen LogP contribution in [0.25, 0.3) is 0 Å². The summed E-state index contributed by atoms with van der Waals surface area (Å²) in [6.45, 7) is 3.43. The minimum absolute atomic E-state index is 0.150. The van der Waals surface area contributed by atoms with Crippen molar-refractivity contribution in [2.75, 3.05) is 5.73 Å². The lowest BCUT2D eigenvalue weighted by molar-refractivity contribution is -0.144. The van der Waals surface area contributed by atoms with Crippen molar-refractivity contribution in [3.63, 3.8) is 0 Å². The zero-order valence-electron chi connectivity index (χ0n) is 10.4. The van der Waals surface area contributed by atoms with Gasteiger partial charge in [0.2, 0.25) is 0 Å². The van der Waals surface area contributed by atoms with Crippen molar-refractivity contribution in [3.05, 3.63) is 24.0 Å². The Morgan fingerprint density at radius 3 is 2.39 bits per heavy atom. The number of rotatable bonds is 5. The molecular formula is C12H17N3O3. The summed E-state index contributed by atoms with van der Waals surface area (Å²) in [6, 6.07) is 3.00. The molecule has 0 aliphatic carbocycles. The number of aliphatic carboxylic acids is 1. The third-order valence-electron chi connectivity index (χ3n) is 2.99. The first-order chi connectivity index (χ1) is 8.45. The Labute approximate surface area is 105 Å². The van der Waals surface area contributed by atoms with Crippen molar-refractivity contribution >= 4 is 17.6 Å². The molecule has 0 spiro atoms. The zero-order chi connectivity index (χ0) is 13.8. The van der Waals surface area contributed by atoms with E-state index in [-0.39, 0.29) is 5.69 Å². The summed E-state index contributed by atoms with van der Waals surface area (Å²) in [4.78, 5) is 27.0. The predicted octanol–water partition coefficient (Wildman–Crippen LogP) is 1.04. The Bertz CT molecular complexity index is 438. The zero-order valence-corrected chi connectivity index (χ0v) is 10.4. The van der Waals surface area contributed by atoms with Gasteiger partial charge in [-0.15, -0.1) is 0 Å². The normalized spacial score (nSPS) is 11.0. The van der Waals surface area contributed by atoms with Gasteiger partial charge in [-0.1, -0.05) is 13.8 Å². The third kappa shape index (κ3) is 2.77. The molecule has 0 saturated heterocycles. The largest absolute Gasteiger partial charge is 0.480 e. The van der Waals surface area contributed by atoms with Gasteiger partial charge < -0.3 is 16.2 Å². The fourth-order valence-corrected chi connectivity index (χ4v) is 1.60.